The number of carbonyl (C=O) groups is 4. The minimum Gasteiger partial charge on any atom is -0.495 e. The van der Waals surface area contributed by atoms with Gasteiger partial charge in [-0.25, -0.2) is 0 Å². The third-order valence-corrected chi connectivity index (χ3v) is 6.63. The predicted molar refractivity (Wildman–Crippen MR) is 130 cm³/mol. The summed E-state index contributed by atoms with van der Waals surface area (Å²) in [6.45, 7) is 2.35. The zero-order chi connectivity index (χ0) is 24.2. The lowest BCUT2D eigenvalue weighted by molar-refractivity contribution is -0.127. The lowest BCUT2D eigenvalue weighted by Gasteiger charge is -2.20. The Kier molecular flexibility index (Phi) is 7.02. The van der Waals surface area contributed by atoms with E-state index in [2.05, 4.69) is 5.32 Å². The number of hydrogen-bond donors (Lipinski definition) is 1. The van der Waals surface area contributed by atoms with Gasteiger partial charge in [0.2, 0.25) is 11.8 Å². The number of methoxy groups -OCH3 is 1. The summed E-state index contributed by atoms with van der Waals surface area (Å²) in [5.74, 6) is -0.759. The molecule has 34 heavy (non-hydrogen) atoms. The molecule has 1 N–H and O–H groups in total. The molecule has 2 saturated heterocycles. The number of nitrogens with one attached hydrogen (secondary N) is 1. The lowest BCUT2D eigenvalue weighted by atomic mass is 10.1. The highest BCUT2D eigenvalue weighted by Gasteiger charge is 2.37. The van der Waals surface area contributed by atoms with Crippen LogP contribution in [0.1, 0.15) is 17.5 Å². The highest BCUT2D eigenvalue weighted by Crippen LogP contribution is 2.34. The van der Waals surface area contributed by atoms with Crippen LogP contribution < -0.4 is 15.0 Å². The van der Waals surface area contributed by atoms with E-state index in [4.69, 9.17) is 4.74 Å². The molecule has 0 unspecified atom stereocenters. The van der Waals surface area contributed by atoms with Crippen molar-refractivity contribution >= 4 is 46.5 Å². The van der Waals surface area contributed by atoms with Crippen LogP contribution in [0.3, 0.4) is 0 Å². The van der Waals surface area contributed by atoms with Crippen molar-refractivity contribution in [1.29, 1.82) is 0 Å². The smallest absolute Gasteiger partial charge is 0.293 e. The van der Waals surface area contributed by atoms with Crippen LogP contribution in [0.5, 0.6) is 5.75 Å². The molecule has 176 valence electrons. The molecule has 0 bridgehead atoms. The SMILES string of the molecule is COc1ccc(C)cc1N1C[C@@H](C(=O)NCCN2C(=O)S/C(=C/c3ccccc3)C2=O)CC1=O. The van der Waals surface area contributed by atoms with Crippen molar-refractivity contribution in [3.8, 4) is 5.75 Å². The zero-order valence-electron chi connectivity index (χ0n) is 18.9. The molecule has 4 amide bonds. The van der Waals surface area contributed by atoms with Gasteiger partial charge >= 0.3 is 0 Å². The van der Waals surface area contributed by atoms with Crippen LogP contribution in [-0.2, 0) is 14.4 Å². The topological polar surface area (TPSA) is 96.0 Å². The Morgan fingerprint density at radius 2 is 1.94 bits per heavy atom. The minimum atomic E-state index is -0.523. The molecule has 0 spiro atoms. The third kappa shape index (κ3) is 4.99. The molecular formula is C25H25N3O5S. The van der Waals surface area contributed by atoms with E-state index in [0.29, 0.717) is 16.3 Å². The first-order valence-electron chi connectivity index (χ1n) is 10.9. The number of benzene rings is 2. The van der Waals surface area contributed by atoms with Crippen LogP contribution in [0.4, 0.5) is 10.5 Å². The van der Waals surface area contributed by atoms with Gasteiger partial charge in [-0.15, -0.1) is 0 Å². The van der Waals surface area contributed by atoms with E-state index in [9.17, 15) is 19.2 Å². The average Bonchev–Trinajstić information content (AvgIpc) is 3.34. The highest BCUT2D eigenvalue weighted by atomic mass is 32.2. The molecule has 2 aromatic carbocycles. The Hall–Kier alpha value is -3.59. The van der Waals surface area contributed by atoms with E-state index in [1.807, 2.05) is 49.4 Å². The van der Waals surface area contributed by atoms with Gasteiger partial charge in [0.25, 0.3) is 11.1 Å². The predicted octanol–water partition coefficient (Wildman–Crippen LogP) is 3.21. The van der Waals surface area contributed by atoms with Crippen molar-refractivity contribution in [2.75, 3.05) is 31.6 Å². The van der Waals surface area contributed by atoms with Crippen LogP contribution in [0.25, 0.3) is 6.08 Å². The maximum Gasteiger partial charge on any atom is 0.293 e. The Balaban J connectivity index is 1.33. The number of anilines is 1. The first-order valence-corrected chi connectivity index (χ1v) is 11.7. The van der Waals surface area contributed by atoms with Gasteiger partial charge in [-0.3, -0.25) is 24.1 Å². The number of aryl methyl sites for hydroxylation is 1. The van der Waals surface area contributed by atoms with Gasteiger partial charge in [-0.2, -0.15) is 0 Å². The molecule has 2 aliphatic rings. The molecular weight excluding hydrogens is 454 g/mol. The van der Waals surface area contributed by atoms with E-state index in [1.54, 1.807) is 24.2 Å². The number of hydrogen-bond acceptors (Lipinski definition) is 6. The van der Waals surface area contributed by atoms with Gasteiger partial charge in [0.1, 0.15) is 5.75 Å². The second-order valence-corrected chi connectivity index (χ2v) is 9.11. The molecule has 0 radical (unpaired) electrons. The van der Waals surface area contributed by atoms with Gasteiger partial charge < -0.3 is 15.0 Å². The highest BCUT2D eigenvalue weighted by molar-refractivity contribution is 8.18. The normalized spacial score (nSPS) is 19.3. The van der Waals surface area contributed by atoms with Crippen LogP contribution >= 0.6 is 11.8 Å². The molecule has 2 heterocycles. The zero-order valence-corrected chi connectivity index (χ0v) is 19.8. The molecule has 4 rings (SSSR count). The second-order valence-electron chi connectivity index (χ2n) is 8.12. The molecule has 9 heteroatoms. The van der Waals surface area contributed by atoms with Crippen molar-refractivity contribution in [2.45, 2.75) is 13.3 Å². The van der Waals surface area contributed by atoms with E-state index in [0.717, 1.165) is 27.8 Å². The van der Waals surface area contributed by atoms with E-state index < -0.39 is 5.92 Å². The first-order chi connectivity index (χ1) is 16.4. The summed E-state index contributed by atoms with van der Waals surface area (Å²) in [5.41, 5.74) is 2.46. The van der Waals surface area contributed by atoms with Crippen molar-refractivity contribution in [3.05, 3.63) is 64.6 Å². The number of rotatable bonds is 7. The van der Waals surface area contributed by atoms with E-state index in [1.165, 1.54) is 0 Å². The van der Waals surface area contributed by atoms with Gasteiger partial charge in [-0.1, -0.05) is 36.4 Å². The van der Waals surface area contributed by atoms with Crippen molar-refractivity contribution in [3.63, 3.8) is 0 Å². The maximum atomic E-state index is 12.7. The summed E-state index contributed by atoms with van der Waals surface area (Å²) in [6, 6.07) is 14.9. The summed E-state index contributed by atoms with van der Waals surface area (Å²) in [6.07, 6.45) is 1.77. The van der Waals surface area contributed by atoms with Crippen LogP contribution in [0.2, 0.25) is 0 Å². The number of ether oxygens (including phenoxy) is 1. The number of nitrogens with zero attached hydrogens (tertiary/aromatic N) is 2. The van der Waals surface area contributed by atoms with Gasteiger partial charge in [-0.05, 0) is 48.0 Å². The number of imide groups is 1. The monoisotopic (exact) mass is 479 g/mol. The Labute approximate surface area is 201 Å². The Bertz CT molecular complexity index is 1160. The molecule has 0 aromatic heterocycles. The minimum absolute atomic E-state index is 0.0681. The van der Waals surface area contributed by atoms with Crippen molar-refractivity contribution < 1.29 is 23.9 Å². The number of amides is 4. The van der Waals surface area contributed by atoms with Crippen LogP contribution in [0.15, 0.2) is 53.4 Å². The first kappa shape index (κ1) is 23.6. The van der Waals surface area contributed by atoms with Crippen molar-refractivity contribution in [1.82, 2.24) is 10.2 Å². The fraction of sp³-hybridized carbons (Fsp3) is 0.280. The standard InChI is InChI=1S/C25H25N3O5S/c1-16-8-9-20(33-2)19(12-16)28-15-18(14-22(28)29)23(30)26-10-11-27-24(31)21(34-25(27)32)13-17-6-4-3-5-7-17/h3-9,12-13,18H,10-11,14-15H2,1-2H3,(H,26,30)/b21-13+/t18-/m0/s1. The number of thioether (sulfide) groups is 1. The van der Waals surface area contributed by atoms with Crippen molar-refractivity contribution in [2.24, 2.45) is 5.92 Å². The van der Waals surface area contributed by atoms with Gasteiger partial charge in [0.05, 0.1) is 23.6 Å². The molecule has 0 aliphatic carbocycles. The van der Waals surface area contributed by atoms with Crippen LogP contribution in [0, 0.1) is 12.8 Å². The molecule has 2 aromatic rings. The summed E-state index contributed by atoms with van der Waals surface area (Å²) >= 11 is 0.886. The van der Waals surface area contributed by atoms with E-state index in [-0.39, 0.29) is 49.0 Å². The molecule has 2 fully saturated rings. The molecule has 0 saturated carbocycles. The quantitative estimate of drug-likeness (QED) is 0.613. The average molecular weight is 480 g/mol. The summed E-state index contributed by atoms with van der Waals surface area (Å²) in [7, 11) is 1.54. The molecule has 2 aliphatic heterocycles. The fourth-order valence-corrected chi connectivity index (χ4v) is 4.82. The number of carbonyl (C=O) groups excluding carboxylic acids is 4. The van der Waals surface area contributed by atoms with E-state index >= 15 is 0 Å². The van der Waals surface area contributed by atoms with Gasteiger partial charge in [0.15, 0.2) is 0 Å². The lowest BCUT2D eigenvalue weighted by Crippen LogP contribution is -2.40. The Morgan fingerprint density at radius 3 is 2.68 bits per heavy atom. The van der Waals surface area contributed by atoms with Crippen LogP contribution in [-0.4, -0.2) is 54.6 Å². The van der Waals surface area contributed by atoms with Gasteiger partial charge in [0, 0.05) is 26.1 Å². The molecule has 1 atom stereocenters. The maximum absolute atomic E-state index is 12.7. The summed E-state index contributed by atoms with van der Waals surface area (Å²) < 4.78 is 5.37. The summed E-state index contributed by atoms with van der Waals surface area (Å²) in [5, 5.41) is 2.40. The largest absolute Gasteiger partial charge is 0.495 e. The fourth-order valence-electron chi connectivity index (χ4n) is 3.96. The Morgan fingerprint density at radius 1 is 1.18 bits per heavy atom. The third-order valence-electron chi connectivity index (χ3n) is 5.73. The second kappa shape index (κ2) is 10.1. The molecule has 8 nitrogen and oxygen atoms in total. The summed E-state index contributed by atoms with van der Waals surface area (Å²) in [4.78, 5) is 53.3.